The van der Waals surface area contributed by atoms with Gasteiger partial charge in [0.1, 0.15) is 5.82 Å². The van der Waals surface area contributed by atoms with E-state index in [0.29, 0.717) is 19.6 Å². The molecule has 1 N–H and O–H groups in total. The predicted octanol–water partition coefficient (Wildman–Crippen LogP) is 1.50. The summed E-state index contributed by atoms with van der Waals surface area (Å²) in [7, 11) is -2.84. The second kappa shape index (κ2) is 9.76. The van der Waals surface area contributed by atoms with Gasteiger partial charge in [-0.2, -0.15) is 0 Å². The highest BCUT2D eigenvalue weighted by atomic mass is 35.5. The van der Waals surface area contributed by atoms with Crippen LogP contribution in [-0.2, 0) is 14.6 Å². The fraction of sp³-hybridized carbons (Fsp3) is 0.438. The summed E-state index contributed by atoms with van der Waals surface area (Å²) in [4.78, 5) is 13.8. The van der Waals surface area contributed by atoms with Crippen LogP contribution in [0.25, 0.3) is 6.08 Å². The summed E-state index contributed by atoms with van der Waals surface area (Å²) < 4.78 is 35.4. The van der Waals surface area contributed by atoms with Crippen molar-refractivity contribution in [1.29, 1.82) is 0 Å². The molecule has 0 atom stereocenters. The quantitative estimate of drug-likeness (QED) is 0.603. The lowest BCUT2D eigenvalue weighted by atomic mass is 10.2. The third kappa shape index (κ3) is 7.42. The molecule has 0 saturated carbocycles. The number of benzene rings is 1. The normalized spacial score (nSPS) is 17.4. The first-order valence-electron chi connectivity index (χ1n) is 7.59. The number of carbonyl (C=O) groups is 1. The number of rotatable bonds is 6. The predicted molar refractivity (Wildman–Crippen MR) is 95.4 cm³/mol. The van der Waals surface area contributed by atoms with Crippen molar-refractivity contribution in [3.8, 4) is 0 Å². The van der Waals surface area contributed by atoms with Gasteiger partial charge in [0.05, 0.1) is 11.5 Å². The highest BCUT2D eigenvalue weighted by Crippen LogP contribution is 2.05. The van der Waals surface area contributed by atoms with Crippen LogP contribution in [0.4, 0.5) is 4.39 Å². The maximum absolute atomic E-state index is 12.7. The summed E-state index contributed by atoms with van der Waals surface area (Å²) in [6.45, 7) is 2.45. The molecule has 1 aromatic carbocycles. The van der Waals surface area contributed by atoms with Gasteiger partial charge in [-0.3, -0.25) is 4.79 Å². The Balaban J connectivity index is 0.00000288. The first kappa shape index (κ1) is 20.6. The minimum absolute atomic E-state index is 0. The monoisotopic (exact) mass is 376 g/mol. The van der Waals surface area contributed by atoms with Gasteiger partial charge in [-0.05, 0) is 36.7 Å². The van der Waals surface area contributed by atoms with Gasteiger partial charge in [0.15, 0.2) is 9.84 Å². The Morgan fingerprint density at radius 3 is 2.46 bits per heavy atom. The van der Waals surface area contributed by atoms with Crippen LogP contribution in [0.2, 0.25) is 0 Å². The molecule has 134 valence electrons. The second-order valence-electron chi connectivity index (χ2n) is 5.52. The van der Waals surface area contributed by atoms with Gasteiger partial charge in [0, 0.05) is 25.7 Å². The molecular weight excluding hydrogens is 355 g/mol. The highest BCUT2D eigenvalue weighted by Gasteiger charge is 2.20. The van der Waals surface area contributed by atoms with Crippen LogP contribution in [0, 0.1) is 5.82 Å². The molecule has 1 aliphatic heterocycles. The average Bonchev–Trinajstić information content (AvgIpc) is 2.52. The summed E-state index contributed by atoms with van der Waals surface area (Å²) in [6, 6.07) is 5.89. The maximum atomic E-state index is 12.7. The molecule has 0 aromatic heterocycles. The van der Waals surface area contributed by atoms with Crippen LogP contribution in [0.3, 0.4) is 0 Å². The lowest BCUT2D eigenvalue weighted by molar-refractivity contribution is -0.116. The minimum atomic E-state index is -2.84. The zero-order valence-corrected chi connectivity index (χ0v) is 14.9. The summed E-state index contributed by atoms with van der Waals surface area (Å²) in [5.41, 5.74) is 0.760. The van der Waals surface area contributed by atoms with Gasteiger partial charge < -0.3 is 10.2 Å². The molecule has 0 aliphatic carbocycles. The van der Waals surface area contributed by atoms with Crippen molar-refractivity contribution in [1.82, 2.24) is 10.2 Å². The fourth-order valence-corrected chi connectivity index (χ4v) is 3.57. The number of sulfone groups is 1. The zero-order valence-electron chi connectivity index (χ0n) is 13.3. The van der Waals surface area contributed by atoms with Crippen molar-refractivity contribution in [3.63, 3.8) is 0 Å². The highest BCUT2D eigenvalue weighted by molar-refractivity contribution is 7.91. The van der Waals surface area contributed by atoms with E-state index < -0.39 is 9.84 Å². The van der Waals surface area contributed by atoms with Crippen molar-refractivity contribution < 1.29 is 17.6 Å². The molecule has 0 bridgehead atoms. The Bertz CT molecular complexity index is 648. The Kier molecular flexibility index (Phi) is 8.38. The van der Waals surface area contributed by atoms with E-state index in [1.807, 2.05) is 0 Å². The van der Waals surface area contributed by atoms with Gasteiger partial charge in [-0.1, -0.05) is 12.1 Å². The number of nitrogens with one attached hydrogen (secondary N) is 1. The number of hydrogen-bond donors (Lipinski definition) is 1. The summed E-state index contributed by atoms with van der Waals surface area (Å²) >= 11 is 0. The SMILES string of the molecule is Cl.O=C(/C=C/c1ccc(F)cc1)NCCCN1CCS(=O)(=O)CC1. The smallest absolute Gasteiger partial charge is 0.243 e. The Hall–Kier alpha value is -1.44. The van der Waals surface area contributed by atoms with Crippen molar-refractivity contribution in [3.05, 3.63) is 41.7 Å². The summed E-state index contributed by atoms with van der Waals surface area (Å²) in [6.07, 6.45) is 3.82. The molecule has 1 aliphatic rings. The second-order valence-corrected chi connectivity index (χ2v) is 7.83. The van der Waals surface area contributed by atoms with Crippen LogP contribution in [0.1, 0.15) is 12.0 Å². The van der Waals surface area contributed by atoms with E-state index in [1.165, 1.54) is 18.2 Å². The fourth-order valence-electron chi connectivity index (χ4n) is 2.29. The Labute approximate surface area is 148 Å². The summed E-state index contributed by atoms with van der Waals surface area (Å²) in [5.74, 6) is -0.0628. The van der Waals surface area contributed by atoms with Crippen LogP contribution in [0.15, 0.2) is 30.3 Å². The number of halogens is 2. The van der Waals surface area contributed by atoms with E-state index >= 15 is 0 Å². The minimum Gasteiger partial charge on any atom is -0.353 e. The molecular formula is C16H22ClFN2O3S. The molecule has 1 heterocycles. The van der Waals surface area contributed by atoms with Crippen molar-refractivity contribution >= 4 is 34.2 Å². The molecule has 0 unspecified atom stereocenters. The van der Waals surface area contributed by atoms with E-state index in [1.54, 1.807) is 18.2 Å². The molecule has 1 fully saturated rings. The standard InChI is InChI=1S/C16H21FN2O3S.ClH/c17-15-5-2-14(3-6-15)4-7-16(20)18-8-1-9-19-10-12-23(21,22)13-11-19;/h2-7H,1,8-13H2,(H,18,20);1H/b7-4+;. The number of hydrogen-bond acceptors (Lipinski definition) is 4. The van der Waals surface area contributed by atoms with E-state index in [4.69, 9.17) is 0 Å². The van der Waals surface area contributed by atoms with Crippen molar-refractivity contribution in [2.45, 2.75) is 6.42 Å². The molecule has 8 heteroatoms. The van der Waals surface area contributed by atoms with E-state index in [2.05, 4.69) is 10.2 Å². The van der Waals surface area contributed by atoms with E-state index in [9.17, 15) is 17.6 Å². The number of amides is 1. The largest absolute Gasteiger partial charge is 0.353 e. The number of nitrogens with zero attached hydrogens (tertiary/aromatic N) is 1. The van der Waals surface area contributed by atoms with Gasteiger partial charge in [0.2, 0.25) is 5.91 Å². The summed E-state index contributed by atoms with van der Waals surface area (Å²) in [5, 5.41) is 2.78. The average molecular weight is 377 g/mol. The molecule has 5 nitrogen and oxygen atoms in total. The lowest BCUT2D eigenvalue weighted by Crippen LogP contribution is -2.41. The number of carbonyl (C=O) groups excluding carboxylic acids is 1. The first-order chi connectivity index (χ1) is 10.9. The maximum Gasteiger partial charge on any atom is 0.243 e. The van der Waals surface area contributed by atoms with Crippen LogP contribution < -0.4 is 5.32 Å². The van der Waals surface area contributed by atoms with E-state index in [-0.39, 0.29) is 35.6 Å². The van der Waals surface area contributed by atoms with Gasteiger partial charge in [0.25, 0.3) is 0 Å². The molecule has 0 radical (unpaired) electrons. The molecule has 1 saturated heterocycles. The first-order valence-corrected chi connectivity index (χ1v) is 9.41. The third-order valence-corrected chi connectivity index (χ3v) is 5.29. The molecule has 1 amide bonds. The van der Waals surface area contributed by atoms with Crippen LogP contribution in [-0.4, -0.2) is 56.9 Å². The van der Waals surface area contributed by atoms with Gasteiger partial charge >= 0.3 is 0 Å². The molecule has 24 heavy (non-hydrogen) atoms. The third-order valence-electron chi connectivity index (χ3n) is 3.68. The van der Waals surface area contributed by atoms with Gasteiger partial charge in [-0.15, -0.1) is 12.4 Å². The Morgan fingerprint density at radius 1 is 1.21 bits per heavy atom. The van der Waals surface area contributed by atoms with Crippen molar-refractivity contribution in [2.24, 2.45) is 0 Å². The van der Waals surface area contributed by atoms with E-state index in [0.717, 1.165) is 18.5 Å². The molecule has 0 spiro atoms. The van der Waals surface area contributed by atoms with Crippen LogP contribution in [0.5, 0.6) is 0 Å². The van der Waals surface area contributed by atoms with Crippen molar-refractivity contribution in [2.75, 3.05) is 37.7 Å². The molecule has 1 aromatic rings. The molecule has 2 rings (SSSR count). The zero-order chi connectivity index (χ0) is 16.7. The topological polar surface area (TPSA) is 66.5 Å². The Morgan fingerprint density at radius 2 is 1.83 bits per heavy atom. The van der Waals surface area contributed by atoms with Gasteiger partial charge in [-0.25, -0.2) is 12.8 Å². The van der Waals surface area contributed by atoms with Crippen LogP contribution >= 0.6 is 12.4 Å². The lowest BCUT2D eigenvalue weighted by Gasteiger charge is -2.26.